The third-order valence-electron chi connectivity index (χ3n) is 2.89. The molecule has 0 heterocycles. The average molecular weight is 316 g/mol. The summed E-state index contributed by atoms with van der Waals surface area (Å²) in [5.41, 5.74) is 2.37. The fourth-order valence-electron chi connectivity index (χ4n) is 1.85. The van der Waals surface area contributed by atoms with Crippen LogP contribution in [0.4, 0.5) is 5.69 Å². The van der Waals surface area contributed by atoms with Crippen molar-refractivity contribution >= 4 is 34.6 Å². The Hall–Kier alpha value is -2.09. The van der Waals surface area contributed by atoms with Crippen LogP contribution < -0.4 is 10.6 Å². The van der Waals surface area contributed by atoms with Crippen LogP contribution in [0.15, 0.2) is 48.5 Å². The molecule has 0 aliphatic heterocycles. The van der Waals surface area contributed by atoms with Gasteiger partial charge in [0, 0.05) is 11.6 Å². The van der Waals surface area contributed by atoms with Crippen molar-refractivity contribution in [2.45, 2.75) is 6.42 Å². The van der Waals surface area contributed by atoms with Crippen molar-refractivity contribution in [1.82, 2.24) is 5.32 Å². The van der Waals surface area contributed by atoms with E-state index in [1.807, 2.05) is 18.2 Å². The Morgan fingerprint density at radius 3 is 2.67 bits per heavy atom. The maximum atomic E-state index is 9.07. The first-order chi connectivity index (χ1) is 10.2. The number of hydrogen-bond donors (Lipinski definition) is 2. The Labute approximate surface area is 134 Å². The second kappa shape index (κ2) is 7.63. The minimum absolute atomic E-state index is 0.467. The van der Waals surface area contributed by atoms with E-state index in [1.165, 1.54) is 5.56 Å². The van der Waals surface area contributed by atoms with E-state index in [2.05, 4.69) is 28.8 Å². The van der Waals surface area contributed by atoms with Gasteiger partial charge in [-0.1, -0.05) is 41.9 Å². The van der Waals surface area contributed by atoms with Crippen molar-refractivity contribution in [3.05, 3.63) is 64.7 Å². The molecule has 0 spiro atoms. The number of nitriles is 1. The quantitative estimate of drug-likeness (QED) is 0.844. The Balaban J connectivity index is 1.86. The molecule has 2 aromatic carbocycles. The van der Waals surface area contributed by atoms with Crippen LogP contribution in [0.1, 0.15) is 11.1 Å². The lowest BCUT2D eigenvalue weighted by molar-refractivity contribution is 0.873. The fraction of sp³-hybridized carbons (Fsp3) is 0.125. The summed E-state index contributed by atoms with van der Waals surface area (Å²) >= 11 is 11.1. The Morgan fingerprint density at radius 2 is 1.95 bits per heavy atom. The van der Waals surface area contributed by atoms with Gasteiger partial charge in [0.25, 0.3) is 0 Å². The fourth-order valence-corrected chi connectivity index (χ4v) is 2.23. The van der Waals surface area contributed by atoms with Crippen molar-refractivity contribution in [3.63, 3.8) is 0 Å². The zero-order valence-corrected chi connectivity index (χ0v) is 12.8. The highest BCUT2D eigenvalue weighted by molar-refractivity contribution is 7.80. The predicted octanol–water partition coefficient (Wildman–Crippen LogP) is 3.74. The molecule has 0 radical (unpaired) electrons. The van der Waals surface area contributed by atoms with E-state index in [1.54, 1.807) is 18.2 Å². The number of nitrogens with one attached hydrogen (secondary N) is 2. The number of rotatable bonds is 4. The first kappa shape index (κ1) is 15.3. The second-order valence-corrected chi connectivity index (χ2v) is 5.26. The maximum absolute atomic E-state index is 9.07. The van der Waals surface area contributed by atoms with Crippen LogP contribution in [0, 0.1) is 11.3 Å². The molecule has 0 atom stereocenters. The summed E-state index contributed by atoms with van der Waals surface area (Å²) in [6.07, 6.45) is 0.883. The zero-order chi connectivity index (χ0) is 15.1. The molecule has 0 saturated heterocycles. The second-order valence-electron chi connectivity index (χ2n) is 4.42. The van der Waals surface area contributed by atoms with Crippen molar-refractivity contribution in [3.8, 4) is 6.07 Å². The molecule has 0 unspecified atom stereocenters. The summed E-state index contributed by atoms with van der Waals surface area (Å²) in [5, 5.41) is 16.2. The van der Waals surface area contributed by atoms with Crippen LogP contribution in [0.25, 0.3) is 0 Å². The summed E-state index contributed by atoms with van der Waals surface area (Å²) in [6, 6.07) is 17.3. The largest absolute Gasteiger partial charge is 0.362 e. The van der Waals surface area contributed by atoms with Gasteiger partial charge in [-0.15, -0.1) is 0 Å². The van der Waals surface area contributed by atoms with E-state index in [-0.39, 0.29) is 0 Å². The van der Waals surface area contributed by atoms with Gasteiger partial charge in [0.2, 0.25) is 0 Å². The smallest absolute Gasteiger partial charge is 0.170 e. The molecular formula is C16H14ClN3S. The number of benzene rings is 2. The summed E-state index contributed by atoms with van der Waals surface area (Å²) in [6.45, 7) is 0.728. The molecule has 0 aliphatic carbocycles. The van der Waals surface area contributed by atoms with Crippen LogP contribution in [0.3, 0.4) is 0 Å². The Morgan fingerprint density at radius 1 is 1.19 bits per heavy atom. The van der Waals surface area contributed by atoms with Crippen molar-refractivity contribution in [2.75, 3.05) is 11.9 Å². The molecule has 3 nitrogen and oxygen atoms in total. The molecule has 2 aromatic rings. The maximum Gasteiger partial charge on any atom is 0.170 e. The van der Waals surface area contributed by atoms with Gasteiger partial charge in [0.15, 0.2) is 5.11 Å². The highest BCUT2D eigenvalue weighted by Gasteiger charge is 2.04. The SMILES string of the molecule is N#Cc1cc(Cl)ccc1NC(=S)NCCc1ccccc1. The Bertz CT molecular complexity index is 665. The number of nitrogens with zero attached hydrogens (tertiary/aromatic N) is 1. The number of halogens is 1. The molecule has 2 rings (SSSR count). The normalized spacial score (nSPS) is 9.71. The molecule has 21 heavy (non-hydrogen) atoms. The lowest BCUT2D eigenvalue weighted by atomic mass is 10.1. The van der Waals surface area contributed by atoms with Crippen LogP contribution in [-0.2, 0) is 6.42 Å². The number of thiocarbonyl (C=S) groups is 1. The minimum Gasteiger partial charge on any atom is -0.362 e. The lowest BCUT2D eigenvalue weighted by Gasteiger charge is -2.11. The molecular weight excluding hydrogens is 302 g/mol. The summed E-state index contributed by atoms with van der Waals surface area (Å²) < 4.78 is 0. The van der Waals surface area contributed by atoms with Gasteiger partial charge in [0.05, 0.1) is 11.3 Å². The van der Waals surface area contributed by atoms with Gasteiger partial charge in [-0.25, -0.2) is 0 Å². The van der Waals surface area contributed by atoms with Crippen LogP contribution in [0.5, 0.6) is 0 Å². The molecule has 0 fully saturated rings. The van der Waals surface area contributed by atoms with Crippen LogP contribution in [-0.4, -0.2) is 11.7 Å². The standard InChI is InChI=1S/C16H14ClN3S/c17-14-6-7-15(13(10-14)11-18)20-16(21)19-9-8-12-4-2-1-3-5-12/h1-7,10H,8-9H2,(H2,19,20,21). The van der Waals surface area contributed by atoms with Crippen LogP contribution >= 0.6 is 23.8 Å². The predicted molar refractivity (Wildman–Crippen MR) is 90.5 cm³/mol. The first-order valence-corrected chi connectivity index (χ1v) is 7.26. The lowest BCUT2D eigenvalue weighted by Crippen LogP contribution is -2.30. The van der Waals surface area contributed by atoms with Crippen LogP contribution in [0.2, 0.25) is 5.02 Å². The monoisotopic (exact) mass is 315 g/mol. The van der Waals surface area contributed by atoms with Gasteiger partial charge in [-0.05, 0) is 42.4 Å². The molecule has 5 heteroatoms. The van der Waals surface area contributed by atoms with Gasteiger partial charge < -0.3 is 10.6 Å². The molecule has 0 saturated carbocycles. The van der Waals surface area contributed by atoms with Gasteiger partial charge in [-0.2, -0.15) is 5.26 Å². The van der Waals surface area contributed by atoms with Gasteiger partial charge in [-0.3, -0.25) is 0 Å². The van der Waals surface area contributed by atoms with E-state index >= 15 is 0 Å². The van der Waals surface area contributed by atoms with E-state index in [0.717, 1.165) is 13.0 Å². The summed E-state index contributed by atoms with van der Waals surface area (Å²) in [5.74, 6) is 0. The molecule has 0 aromatic heterocycles. The molecule has 2 N–H and O–H groups in total. The van der Waals surface area contributed by atoms with E-state index < -0.39 is 0 Å². The summed E-state index contributed by atoms with van der Waals surface area (Å²) in [7, 11) is 0. The molecule has 0 bridgehead atoms. The molecule has 0 aliphatic rings. The molecule has 106 valence electrons. The van der Waals surface area contributed by atoms with Crippen molar-refractivity contribution < 1.29 is 0 Å². The zero-order valence-electron chi connectivity index (χ0n) is 11.3. The van der Waals surface area contributed by atoms with E-state index in [9.17, 15) is 0 Å². The van der Waals surface area contributed by atoms with E-state index in [0.29, 0.717) is 21.4 Å². The van der Waals surface area contributed by atoms with Gasteiger partial charge in [0.1, 0.15) is 6.07 Å². The highest BCUT2D eigenvalue weighted by Crippen LogP contribution is 2.19. The van der Waals surface area contributed by atoms with Crippen molar-refractivity contribution in [2.24, 2.45) is 0 Å². The van der Waals surface area contributed by atoms with Gasteiger partial charge >= 0.3 is 0 Å². The average Bonchev–Trinajstić information content (AvgIpc) is 2.50. The summed E-state index contributed by atoms with van der Waals surface area (Å²) in [4.78, 5) is 0. The third-order valence-corrected chi connectivity index (χ3v) is 3.37. The molecule has 0 amide bonds. The first-order valence-electron chi connectivity index (χ1n) is 6.47. The number of hydrogen-bond acceptors (Lipinski definition) is 2. The minimum atomic E-state index is 0.467. The third kappa shape index (κ3) is 4.75. The Kier molecular flexibility index (Phi) is 5.56. The highest BCUT2D eigenvalue weighted by atomic mass is 35.5. The van der Waals surface area contributed by atoms with Crippen molar-refractivity contribution in [1.29, 1.82) is 5.26 Å². The number of anilines is 1. The topological polar surface area (TPSA) is 47.9 Å². The van der Waals surface area contributed by atoms with E-state index in [4.69, 9.17) is 29.1 Å².